The maximum Gasteiger partial charge on any atom is 0.500 e. The molecule has 0 aromatic rings. The predicted octanol–water partition coefficient (Wildman–Crippen LogP) is 7.09. The number of halogens is 1. The molecule has 6 heteroatoms. The molecule has 0 aliphatic carbocycles. The van der Waals surface area contributed by atoms with Crippen molar-refractivity contribution in [2.75, 3.05) is 35.4 Å². The molecule has 0 aromatic carbocycles. The molecule has 0 aromatic heterocycles. The highest BCUT2D eigenvalue weighted by Gasteiger charge is 2.36. The lowest BCUT2D eigenvalue weighted by Gasteiger charge is -2.26. The summed E-state index contributed by atoms with van der Waals surface area (Å²) in [6.07, 6.45) is 20.5. The molecule has 29 heavy (non-hydrogen) atoms. The van der Waals surface area contributed by atoms with Crippen molar-refractivity contribution in [2.24, 2.45) is 0 Å². The molecular weight excluding hydrogens is 402 g/mol. The standard InChI is InChI=1S/C23H51NO3Si.ClH/c1-7-8-9-10-11-12-13-14-15-16-17-20-23(24(2)3)21-18-19-22-28(25-4,26-5)27-6;/h23H,7-22H2,1-6H3;1H. The van der Waals surface area contributed by atoms with Crippen LogP contribution in [-0.4, -0.2) is 55.2 Å². The van der Waals surface area contributed by atoms with Gasteiger partial charge >= 0.3 is 8.80 Å². The fourth-order valence-electron chi connectivity index (χ4n) is 3.98. The lowest BCUT2D eigenvalue weighted by Crippen LogP contribution is -2.42. The number of nitrogens with zero attached hydrogens (tertiary/aromatic N) is 1. The van der Waals surface area contributed by atoms with Gasteiger partial charge in [-0.1, -0.05) is 84.0 Å². The van der Waals surface area contributed by atoms with Gasteiger partial charge in [-0.3, -0.25) is 0 Å². The summed E-state index contributed by atoms with van der Waals surface area (Å²) in [5, 5.41) is 0. The maximum atomic E-state index is 5.52. The van der Waals surface area contributed by atoms with Crippen molar-refractivity contribution in [1.82, 2.24) is 4.90 Å². The van der Waals surface area contributed by atoms with Gasteiger partial charge in [0.25, 0.3) is 0 Å². The van der Waals surface area contributed by atoms with E-state index in [4.69, 9.17) is 13.3 Å². The normalized spacial score (nSPS) is 12.9. The van der Waals surface area contributed by atoms with Crippen LogP contribution in [0.2, 0.25) is 6.04 Å². The second-order valence-corrected chi connectivity index (χ2v) is 11.6. The third kappa shape index (κ3) is 16.7. The van der Waals surface area contributed by atoms with Crippen molar-refractivity contribution in [3.63, 3.8) is 0 Å². The van der Waals surface area contributed by atoms with Crippen molar-refractivity contribution >= 4 is 21.2 Å². The molecule has 1 unspecified atom stereocenters. The van der Waals surface area contributed by atoms with E-state index in [1.54, 1.807) is 21.3 Å². The van der Waals surface area contributed by atoms with Gasteiger partial charge in [-0.05, 0) is 33.4 Å². The first-order valence-corrected chi connectivity index (χ1v) is 13.8. The van der Waals surface area contributed by atoms with E-state index in [-0.39, 0.29) is 12.4 Å². The summed E-state index contributed by atoms with van der Waals surface area (Å²) < 4.78 is 16.6. The highest BCUT2D eigenvalue weighted by molar-refractivity contribution is 6.60. The average Bonchev–Trinajstić information content (AvgIpc) is 2.70. The Labute approximate surface area is 190 Å². The number of rotatable bonds is 21. The molecule has 0 aliphatic heterocycles. The second-order valence-electron chi connectivity index (χ2n) is 8.48. The van der Waals surface area contributed by atoms with Crippen LogP contribution in [0.15, 0.2) is 0 Å². The van der Waals surface area contributed by atoms with E-state index in [0.717, 1.165) is 12.5 Å². The maximum absolute atomic E-state index is 5.52. The second kappa shape index (κ2) is 21.6. The van der Waals surface area contributed by atoms with Gasteiger partial charge in [0.05, 0.1) is 0 Å². The summed E-state index contributed by atoms with van der Waals surface area (Å²) in [6, 6.07) is 1.61. The zero-order valence-electron chi connectivity index (χ0n) is 20.5. The molecular formula is C23H52ClNO3Si. The molecule has 0 fully saturated rings. The fourth-order valence-corrected chi connectivity index (χ4v) is 5.78. The molecule has 0 saturated carbocycles. The first kappa shape index (κ1) is 31.5. The summed E-state index contributed by atoms with van der Waals surface area (Å²) >= 11 is 0. The molecule has 0 bridgehead atoms. The van der Waals surface area contributed by atoms with E-state index >= 15 is 0 Å². The van der Waals surface area contributed by atoms with Gasteiger partial charge < -0.3 is 18.2 Å². The van der Waals surface area contributed by atoms with Crippen molar-refractivity contribution in [1.29, 1.82) is 0 Å². The van der Waals surface area contributed by atoms with Gasteiger partial charge in [0, 0.05) is 33.4 Å². The first-order chi connectivity index (χ1) is 13.5. The molecule has 0 radical (unpaired) electrons. The Morgan fingerprint density at radius 2 is 1.00 bits per heavy atom. The van der Waals surface area contributed by atoms with Crippen LogP contribution in [0.25, 0.3) is 0 Å². The summed E-state index contributed by atoms with van der Waals surface area (Å²) in [7, 11) is 7.17. The fraction of sp³-hybridized carbons (Fsp3) is 1.00. The van der Waals surface area contributed by atoms with Crippen LogP contribution in [0.1, 0.15) is 103 Å². The summed E-state index contributed by atoms with van der Waals surface area (Å²) in [5.74, 6) is 0. The molecule has 1 atom stereocenters. The third-order valence-corrected chi connectivity index (χ3v) is 8.91. The van der Waals surface area contributed by atoms with Crippen molar-refractivity contribution in [2.45, 2.75) is 115 Å². The van der Waals surface area contributed by atoms with Crippen LogP contribution in [0.5, 0.6) is 0 Å². The Balaban J connectivity index is 0. The Kier molecular flexibility index (Phi) is 23.5. The topological polar surface area (TPSA) is 30.9 Å². The Morgan fingerprint density at radius 3 is 1.38 bits per heavy atom. The van der Waals surface area contributed by atoms with Gasteiger partial charge in [0.15, 0.2) is 0 Å². The first-order valence-electron chi connectivity index (χ1n) is 11.9. The van der Waals surface area contributed by atoms with Crippen LogP contribution in [0, 0.1) is 0 Å². The Hall–Kier alpha value is 0.347. The van der Waals surface area contributed by atoms with E-state index in [9.17, 15) is 0 Å². The molecule has 4 nitrogen and oxygen atoms in total. The van der Waals surface area contributed by atoms with E-state index in [1.807, 2.05) is 0 Å². The van der Waals surface area contributed by atoms with Crippen molar-refractivity contribution in [3.05, 3.63) is 0 Å². The van der Waals surface area contributed by atoms with E-state index < -0.39 is 8.80 Å². The van der Waals surface area contributed by atoms with Gasteiger partial charge in [-0.2, -0.15) is 0 Å². The molecule has 0 saturated heterocycles. The molecule has 0 heterocycles. The largest absolute Gasteiger partial charge is 0.500 e. The van der Waals surface area contributed by atoms with Gasteiger partial charge in [0.1, 0.15) is 0 Å². The SMILES string of the molecule is CCCCCCCCCCCCCC(CCCC[Si](OC)(OC)OC)N(C)C.Cl. The van der Waals surface area contributed by atoms with Gasteiger partial charge in [-0.15, -0.1) is 12.4 Å². The zero-order valence-corrected chi connectivity index (χ0v) is 22.3. The lowest BCUT2D eigenvalue weighted by atomic mass is 10.0. The third-order valence-electron chi connectivity index (χ3n) is 6.07. The quantitative estimate of drug-likeness (QED) is 0.137. The van der Waals surface area contributed by atoms with Crippen LogP contribution in [-0.2, 0) is 13.3 Å². The van der Waals surface area contributed by atoms with Crippen LogP contribution >= 0.6 is 12.4 Å². The van der Waals surface area contributed by atoms with E-state index in [2.05, 4.69) is 25.9 Å². The number of hydrogen-bond acceptors (Lipinski definition) is 4. The molecule has 0 rings (SSSR count). The molecule has 0 amide bonds. The minimum Gasteiger partial charge on any atom is -0.377 e. The molecule has 178 valence electrons. The van der Waals surface area contributed by atoms with Gasteiger partial charge in [0.2, 0.25) is 0 Å². The summed E-state index contributed by atoms with van der Waals surface area (Å²) in [4.78, 5) is 2.41. The van der Waals surface area contributed by atoms with E-state index in [1.165, 1.54) is 89.9 Å². The number of unbranched alkanes of at least 4 members (excludes halogenated alkanes) is 11. The summed E-state index contributed by atoms with van der Waals surface area (Å²) in [5.41, 5.74) is 0. The average molecular weight is 454 g/mol. The van der Waals surface area contributed by atoms with Crippen LogP contribution < -0.4 is 0 Å². The van der Waals surface area contributed by atoms with Gasteiger partial charge in [-0.25, -0.2) is 0 Å². The van der Waals surface area contributed by atoms with Crippen molar-refractivity contribution < 1.29 is 13.3 Å². The minimum atomic E-state index is -2.39. The Morgan fingerprint density at radius 1 is 0.621 bits per heavy atom. The predicted molar refractivity (Wildman–Crippen MR) is 131 cm³/mol. The lowest BCUT2D eigenvalue weighted by molar-refractivity contribution is 0.122. The van der Waals surface area contributed by atoms with E-state index in [0.29, 0.717) is 6.04 Å². The summed E-state index contributed by atoms with van der Waals surface area (Å²) in [6.45, 7) is 2.29. The Bertz CT molecular complexity index is 323. The molecule has 0 aliphatic rings. The monoisotopic (exact) mass is 453 g/mol. The molecule has 0 N–H and O–H groups in total. The molecule has 0 spiro atoms. The highest BCUT2D eigenvalue weighted by Crippen LogP contribution is 2.20. The van der Waals surface area contributed by atoms with Crippen LogP contribution in [0.3, 0.4) is 0 Å². The van der Waals surface area contributed by atoms with Crippen molar-refractivity contribution in [3.8, 4) is 0 Å². The highest BCUT2D eigenvalue weighted by atomic mass is 35.5. The van der Waals surface area contributed by atoms with Crippen LogP contribution in [0.4, 0.5) is 0 Å². The zero-order chi connectivity index (χ0) is 21.1. The smallest absolute Gasteiger partial charge is 0.377 e. The minimum absolute atomic E-state index is 0. The number of hydrogen-bond donors (Lipinski definition) is 0.